The Labute approximate surface area is 79.1 Å². The predicted molar refractivity (Wildman–Crippen MR) is 54.6 cm³/mol. The molecule has 0 unspecified atom stereocenters. The largest absolute Gasteiger partial charge is 0.299 e. The van der Waals surface area contributed by atoms with Gasteiger partial charge in [-0.2, -0.15) is 0 Å². The summed E-state index contributed by atoms with van der Waals surface area (Å²) in [6, 6.07) is 9.83. The minimum atomic E-state index is 0.268. The smallest absolute Gasteiger partial charge is 0.141 e. The topological polar surface area (TPSA) is 17.1 Å². The van der Waals surface area contributed by atoms with Crippen molar-refractivity contribution in [2.24, 2.45) is 0 Å². The minimum absolute atomic E-state index is 0.268. The van der Waals surface area contributed by atoms with E-state index in [1.54, 1.807) is 0 Å². The summed E-state index contributed by atoms with van der Waals surface area (Å²) in [7, 11) is 0. The van der Waals surface area contributed by atoms with Crippen LogP contribution in [0.25, 0.3) is 0 Å². The first kappa shape index (κ1) is 9.72. The fourth-order valence-electron chi connectivity index (χ4n) is 1.14. The van der Waals surface area contributed by atoms with Gasteiger partial charge in [-0.3, -0.25) is 4.79 Å². The molecule has 68 valence electrons. The number of carbonyl (C=O) groups is 1. The maximum atomic E-state index is 11.3. The third kappa shape index (κ3) is 3.70. The first-order valence-electron chi connectivity index (χ1n) is 4.49. The molecule has 1 rings (SSSR count). The van der Waals surface area contributed by atoms with Crippen LogP contribution in [0.4, 0.5) is 0 Å². The second-order valence-corrected chi connectivity index (χ2v) is 2.97. The Balaban J connectivity index is 2.46. The van der Waals surface area contributed by atoms with Gasteiger partial charge in [-0.05, 0) is 12.5 Å². The lowest BCUT2D eigenvalue weighted by Gasteiger charge is -1.97. The first-order valence-corrected chi connectivity index (χ1v) is 4.49. The number of carbonyl (C=O) groups excluding carboxylic acids is 1. The molecule has 1 nitrogen and oxygen atoms in total. The summed E-state index contributed by atoms with van der Waals surface area (Å²) in [4.78, 5) is 11.3. The molecule has 0 N–H and O–H groups in total. The molecule has 13 heavy (non-hydrogen) atoms. The van der Waals surface area contributed by atoms with Gasteiger partial charge in [-0.1, -0.05) is 42.5 Å². The second-order valence-electron chi connectivity index (χ2n) is 2.97. The van der Waals surface area contributed by atoms with E-state index in [1.807, 2.05) is 49.4 Å². The van der Waals surface area contributed by atoms with Crippen LogP contribution in [0.2, 0.25) is 0 Å². The molecule has 0 amide bonds. The molecule has 0 spiro atoms. The Morgan fingerprint density at radius 1 is 1.31 bits per heavy atom. The van der Waals surface area contributed by atoms with E-state index in [-0.39, 0.29) is 5.78 Å². The monoisotopic (exact) mass is 174 g/mol. The molecule has 1 aromatic rings. The SMILES string of the molecule is CC=CCC(=O)Cc1ccccc1. The lowest BCUT2D eigenvalue weighted by atomic mass is 10.1. The molecule has 0 saturated heterocycles. The van der Waals surface area contributed by atoms with E-state index in [2.05, 4.69) is 0 Å². The Morgan fingerprint density at radius 2 is 2.00 bits per heavy atom. The van der Waals surface area contributed by atoms with Crippen molar-refractivity contribution in [2.75, 3.05) is 0 Å². The molecule has 0 fully saturated rings. The van der Waals surface area contributed by atoms with Crippen LogP contribution in [0.3, 0.4) is 0 Å². The van der Waals surface area contributed by atoms with Crippen molar-refractivity contribution in [3.05, 3.63) is 48.0 Å². The van der Waals surface area contributed by atoms with Crippen molar-refractivity contribution < 1.29 is 4.79 Å². The van der Waals surface area contributed by atoms with Crippen LogP contribution in [0.1, 0.15) is 18.9 Å². The maximum Gasteiger partial charge on any atom is 0.141 e. The van der Waals surface area contributed by atoms with E-state index in [4.69, 9.17) is 0 Å². The number of hydrogen-bond acceptors (Lipinski definition) is 1. The highest BCUT2D eigenvalue weighted by molar-refractivity contribution is 5.82. The van der Waals surface area contributed by atoms with Gasteiger partial charge in [0.25, 0.3) is 0 Å². The third-order valence-corrected chi connectivity index (χ3v) is 1.83. The predicted octanol–water partition coefficient (Wildman–Crippen LogP) is 2.76. The van der Waals surface area contributed by atoms with E-state index in [1.165, 1.54) is 0 Å². The van der Waals surface area contributed by atoms with E-state index < -0.39 is 0 Å². The van der Waals surface area contributed by atoms with Gasteiger partial charge in [0, 0.05) is 12.8 Å². The van der Waals surface area contributed by atoms with Crippen molar-refractivity contribution in [1.82, 2.24) is 0 Å². The van der Waals surface area contributed by atoms with Gasteiger partial charge in [0.1, 0.15) is 5.78 Å². The first-order chi connectivity index (χ1) is 6.33. The van der Waals surface area contributed by atoms with Crippen molar-refractivity contribution in [2.45, 2.75) is 19.8 Å². The summed E-state index contributed by atoms with van der Waals surface area (Å²) < 4.78 is 0. The number of rotatable bonds is 4. The molecule has 0 bridgehead atoms. The lowest BCUT2D eigenvalue weighted by Crippen LogP contribution is -2.00. The van der Waals surface area contributed by atoms with Crippen LogP contribution in [-0.4, -0.2) is 5.78 Å². The molecule has 0 aromatic heterocycles. The van der Waals surface area contributed by atoms with Crippen LogP contribution in [0.5, 0.6) is 0 Å². The lowest BCUT2D eigenvalue weighted by molar-refractivity contribution is -0.117. The van der Waals surface area contributed by atoms with Gasteiger partial charge in [0.15, 0.2) is 0 Å². The van der Waals surface area contributed by atoms with E-state index >= 15 is 0 Å². The molecule has 0 heterocycles. The molecule has 0 aliphatic heterocycles. The third-order valence-electron chi connectivity index (χ3n) is 1.83. The molecular weight excluding hydrogens is 160 g/mol. The van der Waals surface area contributed by atoms with E-state index in [0.29, 0.717) is 12.8 Å². The van der Waals surface area contributed by atoms with Crippen molar-refractivity contribution >= 4 is 5.78 Å². The molecule has 0 aliphatic carbocycles. The Hall–Kier alpha value is -1.37. The van der Waals surface area contributed by atoms with Crippen LogP contribution in [0, 0.1) is 0 Å². The second kappa shape index (κ2) is 5.31. The van der Waals surface area contributed by atoms with Gasteiger partial charge in [-0.25, -0.2) is 0 Å². The quantitative estimate of drug-likeness (QED) is 0.641. The zero-order chi connectivity index (χ0) is 9.52. The molecule has 1 heteroatoms. The minimum Gasteiger partial charge on any atom is -0.299 e. The standard InChI is InChI=1S/C12H14O/c1-2-3-9-12(13)10-11-7-5-4-6-8-11/h2-8H,9-10H2,1H3. The van der Waals surface area contributed by atoms with Gasteiger partial charge in [0.2, 0.25) is 0 Å². The molecule has 0 radical (unpaired) electrons. The Bertz CT molecular complexity index is 285. The van der Waals surface area contributed by atoms with Crippen LogP contribution >= 0.6 is 0 Å². The highest BCUT2D eigenvalue weighted by atomic mass is 16.1. The number of benzene rings is 1. The molecular formula is C12H14O. The number of Topliss-reactive ketones (excluding diaryl/α,β-unsaturated/α-hetero) is 1. The average molecular weight is 174 g/mol. The summed E-state index contributed by atoms with van der Waals surface area (Å²) in [5.74, 6) is 0.268. The fraction of sp³-hybridized carbons (Fsp3) is 0.250. The van der Waals surface area contributed by atoms with E-state index in [9.17, 15) is 4.79 Å². The normalized spacial score (nSPS) is 10.5. The van der Waals surface area contributed by atoms with Crippen LogP contribution in [-0.2, 0) is 11.2 Å². The maximum absolute atomic E-state index is 11.3. The highest BCUT2D eigenvalue weighted by Crippen LogP contribution is 2.01. The van der Waals surface area contributed by atoms with Crippen molar-refractivity contribution in [3.63, 3.8) is 0 Å². The summed E-state index contributed by atoms with van der Waals surface area (Å²) in [6.07, 6.45) is 4.89. The van der Waals surface area contributed by atoms with E-state index in [0.717, 1.165) is 5.56 Å². The molecule has 1 aromatic carbocycles. The summed E-state index contributed by atoms with van der Waals surface area (Å²) in [6.45, 7) is 1.93. The molecule has 0 atom stereocenters. The van der Waals surface area contributed by atoms with Crippen molar-refractivity contribution in [3.8, 4) is 0 Å². The van der Waals surface area contributed by atoms with Gasteiger partial charge in [0.05, 0.1) is 0 Å². The number of hydrogen-bond donors (Lipinski definition) is 0. The zero-order valence-electron chi connectivity index (χ0n) is 7.86. The summed E-state index contributed by atoms with van der Waals surface area (Å²) in [5, 5.41) is 0. The van der Waals surface area contributed by atoms with Gasteiger partial charge >= 0.3 is 0 Å². The molecule has 0 aliphatic rings. The Kier molecular flexibility index (Phi) is 3.97. The average Bonchev–Trinajstić information content (AvgIpc) is 2.16. The number of ketones is 1. The zero-order valence-corrected chi connectivity index (χ0v) is 7.86. The summed E-state index contributed by atoms with van der Waals surface area (Å²) in [5.41, 5.74) is 1.09. The van der Waals surface area contributed by atoms with Crippen molar-refractivity contribution in [1.29, 1.82) is 0 Å². The Morgan fingerprint density at radius 3 is 2.62 bits per heavy atom. The number of allylic oxidation sites excluding steroid dienone is 2. The van der Waals surface area contributed by atoms with Crippen LogP contribution in [0.15, 0.2) is 42.5 Å². The van der Waals surface area contributed by atoms with Gasteiger partial charge < -0.3 is 0 Å². The summed E-state index contributed by atoms with van der Waals surface area (Å²) >= 11 is 0. The van der Waals surface area contributed by atoms with Crippen LogP contribution < -0.4 is 0 Å². The highest BCUT2D eigenvalue weighted by Gasteiger charge is 1.99. The fourth-order valence-corrected chi connectivity index (χ4v) is 1.14. The van der Waals surface area contributed by atoms with Gasteiger partial charge in [-0.15, -0.1) is 0 Å². The molecule has 0 saturated carbocycles.